The number of hydrogen-bond acceptors (Lipinski definition) is 5. The fraction of sp³-hybridized carbons (Fsp3) is 0.250. The molecule has 3 N–H and O–H groups in total. The molecule has 2 aromatic rings. The quantitative estimate of drug-likeness (QED) is 0.789. The maximum absolute atomic E-state index is 10.3. The van der Waals surface area contributed by atoms with Gasteiger partial charge in [-0.3, -0.25) is 0 Å². The van der Waals surface area contributed by atoms with Crippen molar-refractivity contribution in [3.05, 3.63) is 47.5 Å². The van der Waals surface area contributed by atoms with Crippen molar-refractivity contribution >= 4 is 0 Å². The van der Waals surface area contributed by atoms with Gasteiger partial charge in [-0.1, -0.05) is 12.1 Å². The Hall–Kier alpha value is -2.40. The molecule has 21 heavy (non-hydrogen) atoms. The highest BCUT2D eigenvalue weighted by molar-refractivity contribution is 5.52. The molecule has 2 unspecified atom stereocenters. The number of hydrogen-bond donors (Lipinski definition) is 3. The van der Waals surface area contributed by atoms with E-state index in [0.29, 0.717) is 17.9 Å². The van der Waals surface area contributed by atoms with Crippen LogP contribution in [-0.2, 0) is 6.42 Å². The fourth-order valence-electron chi connectivity index (χ4n) is 2.58. The van der Waals surface area contributed by atoms with Gasteiger partial charge in [0.15, 0.2) is 0 Å². The highest BCUT2D eigenvalue weighted by Gasteiger charge is 2.32. The van der Waals surface area contributed by atoms with Crippen molar-refractivity contribution in [2.24, 2.45) is 0 Å². The van der Waals surface area contributed by atoms with Crippen LogP contribution >= 0.6 is 0 Å². The molecule has 1 heterocycles. The minimum atomic E-state index is -0.736. The van der Waals surface area contributed by atoms with Crippen LogP contribution in [-0.4, -0.2) is 28.5 Å². The summed E-state index contributed by atoms with van der Waals surface area (Å²) in [5, 5.41) is 29.4. The molecule has 0 bridgehead atoms. The van der Waals surface area contributed by atoms with E-state index in [1.54, 1.807) is 24.3 Å². The molecule has 0 amide bonds. The van der Waals surface area contributed by atoms with E-state index in [1.165, 1.54) is 19.2 Å². The highest BCUT2D eigenvalue weighted by atomic mass is 16.5. The number of ether oxygens (including phenoxy) is 2. The summed E-state index contributed by atoms with van der Waals surface area (Å²) in [6.07, 6.45) is -0.922. The summed E-state index contributed by atoms with van der Waals surface area (Å²) in [6, 6.07) is 9.50. The monoisotopic (exact) mass is 288 g/mol. The molecular weight excluding hydrogens is 272 g/mol. The first-order valence-corrected chi connectivity index (χ1v) is 6.62. The number of phenolic OH excluding ortho intramolecular Hbond substituents is 2. The summed E-state index contributed by atoms with van der Waals surface area (Å²) in [6.45, 7) is 0. The second kappa shape index (κ2) is 5.18. The summed E-state index contributed by atoms with van der Waals surface area (Å²) < 4.78 is 11.0. The summed E-state index contributed by atoms with van der Waals surface area (Å²) in [4.78, 5) is 0. The Morgan fingerprint density at radius 3 is 2.48 bits per heavy atom. The van der Waals surface area contributed by atoms with Gasteiger partial charge in [0, 0.05) is 24.1 Å². The predicted molar refractivity (Wildman–Crippen MR) is 75.8 cm³/mol. The fourth-order valence-corrected chi connectivity index (χ4v) is 2.58. The lowest BCUT2D eigenvalue weighted by Gasteiger charge is -2.31. The van der Waals surface area contributed by atoms with Gasteiger partial charge in [0.25, 0.3) is 0 Å². The number of methoxy groups -OCH3 is 1. The van der Waals surface area contributed by atoms with E-state index in [4.69, 9.17) is 9.47 Å². The molecule has 0 spiro atoms. The number of aliphatic hydroxyl groups excluding tert-OH is 1. The van der Waals surface area contributed by atoms with Crippen molar-refractivity contribution in [2.45, 2.75) is 18.6 Å². The number of benzene rings is 2. The topological polar surface area (TPSA) is 79.2 Å². The lowest BCUT2D eigenvalue weighted by molar-refractivity contribution is 0.0198. The second-order valence-corrected chi connectivity index (χ2v) is 5.03. The van der Waals surface area contributed by atoms with E-state index in [9.17, 15) is 15.3 Å². The van der Waals surface area contributed by atoms with Gasteiger partial charge in [-0.25, -0.2) is 0 Å². The average Bonchev–Trinajstić information content (AvgIpc) is 2.47. The zero-order chi connectivity index (χ0) is 15.0. The number of phenols is 2. The summed E-state index contributed by atoms with van der Waals surface area (Å²) in [7, 11) is 1.51. The van der Waals surface area contributed by atoms with E-state index in [-0.39, 0.29) is 11.5 Å². The Morgan fingerprint density at radius 1 is 1.10 bits per heavy atom. The van der Waals surface area contributed by atoms with Crippen LogP contribution in [0.5, 0.6) is 23.0 Å². The standard InChI is InChI=1S/C16H16O5/c1-20-14-6-11(18)7-15-12(14)8-13(19)16(21-15)9-2-4-10(17)5-3-9/h2-7,13,16-19H,8H2,1H3. The van der Waals surface area contributed by atoms with Gasteiger partial charge in [0.1, 0.15) is 29.1 Å². The third-order valence-electron chi connectivity index (χ3n) is 3.61. The van der Waals surface area contributed by atoms with Crippen molar-refractivity contribution < 1.29 is 24.8 Å². The van der Waals surface area contributed by atoms with Gasteiger partial charge < -0.3 is 24.8 Å². The van der Waals surface area contributed by atoms with Gasteiger partial charge in [-0.2, -0.15) is 0 Å². The molecule has 5 nitrogen and oxygen atoms in total. The predicted octanol–water partition coefficient (Wildman–Crippen LogP) is 2.14. The van der Waals surface area contributed by atoms with E-state index < -0.39 is 12.2 Å². The second-order valence-electron chi connectivity index (χ2n) is 5.03. The van der Waals surface area contributed by atoms with Gasteiger partial charge in [-0.15, -0.1) is 0 Å². The number of aromatic hydroxyl groups is 2. The Labute approximate surface area is 122 Å². The van der Waals surface area contributed by atoms with E-state index >= 15 is 0 Å². The van der Waals surface area contributed by atoms with Crippen molar-refractivity contribution in [3.63, 3.8) is 0 Å². The summed E-state index contributed by atoms with van der Waals surface area (Å²) >= 11 is 0. The molecular formula is C16H16O5. The average molecular weight is 288 g/mol. The van der Waals surface area contributed by atoms with Crippen LogP contribution in [0, 0.1) is 0 Å². The zero-order valence-corrected chi connectivity index (χ0v) is 11.5. The lowest BCUT2D eigenvalue weighted by Crippen LogP contribution is -2.30. The van der Waals surface area contributed by atoms with Crippen LogP contribution in [0.4, 0.5) is 0 Å². The zero-order valence-electron chi connectivity index (χ0n) is 11.5. The summed E-state index contributed by atoms with van der Waals surface area (Å²) in [5.41, 5.74) is 1.49. The Bertz CT molecular complexity index is 650. The van der Waals surface area contributed by atoms with Gasteiger partial charge in [-0.05, 0) is 17.7 Å². The van der Waals surface area contributed by atoms with Crippen molar-refractivity contribution in [3.8, 4) is 23.0 Å². The third kappa shape index (κ3) is 2.48. The Morgan fingerprint density at radius 2 is 1.81 bits per heavy atom. The van der Waals surface area contributed by atoms with Crippen LogP contribution < -0.4 is 9.47 Å². The Kier molecular flexibility index (Phi) is 3.35. The van der Waals surface area contributed by atoms with Crippen LogP contribution in [0.3, 0.4) is 0 Å². The Balaban J connectivity index is 1.98. The molecule has 1 aliphatic rings. The maximum Gasteiger partial charge on any atom is 0.150 e. The molecule has 2 aromatic carbocycles. The van der Waals surface area contributed by atoms with E-state index in [0.717, 1.165) is 11.1 Å². The minimum Gasteiger partial charge on any atom is -0.508 e. The van der Waals surface area contributed by atoms with Crippen molar-refractivity contribution in [1.29, 1.82) is 0 Å². The van der Waals surface area contributed by atoms with Crippen LogP contribution in [0.2, 0.25) is 0 Å². The van der Waals surface area contributed by atoms with Crippen LogP contribution in [0.1, 0.15) is 17.2 Å². The van der Waals surface area contributed by atoms with Crippen molar-refractivity contribution in [1.82, 2.24) is 0 Å². The maximum atomic E-state index is 10.3. The van der Waals surface area contributed by atoms with E-state index in [1.807, 2.05) is 0 Å². The highest BCUT2D eigenvalue weighted by Crippen LogP contribution is 2.42. The largest absolute Gasteiger partial charge is 0.508 e. The lowest BCUT2D eigenvalue weighted by atomic mass is 9.94. The van der Waals surface area contributed by atoms with Gasteiger partial charge >= 0.3 is 0 Å². The first-order chi connectivity index (χ1) is 10.1. The van der Waals surface area contributed by atoms with Gasteiger partial charge in [0.2, 0.25) is 0 Å². The molecule has 110 valence electrons. The third-order valence-corrected chi connectivity index (χ3v) is 3.61. The molecule has 0 saturated carbocycles. The number of fused-ring (bicyclic) bond motifs is 1. The van der Waals surface area contributed by atoms with E-state index in [2.05, 4.69) is 0 Å². The molecule has 1 aliphatic heterocycles. The molecule has 0 radical (unpaired) electrons. The number of rotatable bonds is 2. The van der Waals surface area contributed by atoms with Crippen molar-refractivity contribution in [2.75, 3.05) is 7.11 Å². The first kappa shape index (κ1) is 13.6. The molecule has 3 rings (SSSR count). The normalized spacial score (nSPS) is 20.5. The molecule has 0 aromatic heterocycles. The molecule has 5 heteroatoms. The molecule has 0 saturated heterocycles. The van der Waals surface area contributed by atoms with Crippen LogP contribution in [0.15, 0.2) is 36.4 Å². The SMILES string of the molecule is COc1cc(O)cc2c1CC(O)C(c1ccc(O)cc1)O2. The summed E-state index contributed by atoms with van der Waals surface area (Å²) in [5.74, 6) is 1.19. The smallest absolute Gasteiger partial charge is 0.150 e. The first-order valence-electron chi connectivity index (χ1n) is 6.62. The molecule has 2 atom stereocenters. The molecule has 0 fully saturated rings. The van der Waals surface area contributed by atoms with Gasteiger partial charge in [0.05, 0.1) is 13.2 Å². The minimum absolute atomic E-state index is 0.0476. The molecule has 0 aliphatic carbocycles. The number of aliphatic hydroxyl groups is 1. The van der Waals surface area contributed by atoms with Crippen LogP contribution in [0.25, 0.3) is 0 Å².